The fourth-order valence-corrected chi connectivity index (χ4v) is 3.15. The number of nitrogens with two attached hydrogens (primary N) is 1. The first-order chi connectivity index (χ1) is 11.3. The van der Waals surface area contributed by atoms with Crippen LogP contribution in [0.1, 0.15) is 20.8 Å². The van der Waals surface area contributed by atoms with E-state index in [1.54, 1.807) is 6.20 Å². The van der Waals surface area contributed by atoms with E-state index < -0.39 is 17.6 Å². The summed E-state index contributed by atoms with van der Waals surface area (Å²) in [4.78, 5) is 17.5. The van der Waals surface area contributed by atoms with Crippen molar-refractivity contribution in [1.29, 1.82) is 0 Å². The topological polar surface area (TPSA) is 68.0 Å². The number of carbonyl (C=O) groups excluding carboxylic acids is 1. The lowest BCUT2D eigenvalue weighted by atomic mass is 10.2. The molecule has 0 saturated heterocycles. The van der Waals surface area contributed by atoms with E-state index in [1.165, 1.54) is 12.1 Å². The summed E-state index contributed by atoms with van der Waals surface area (Å²) in [5.74, 6) is -0.479. The molecule has 0 aliphatic heterocycles. The predicted octanol–water partition coefficient (Wildman–Crippen LogP) is 4.46. The number of pyridine rings is 1. The average molecular weight is 351 g/mol. The molecule has 0 aliphatic carbocycles. The lowest BCUT2D eigenvalue weighted by Gasteiger charge is -2.08. The highest BCUT2D eigenvalue weighted by Crippen LogP contribution is 2.34. The first-order valence-electron chi connectivity index (χ1n) is 6.89. The number of alkyl halides is 3. The molecule has 1 aromatic carbocycles. The van der Waals surface area contributed by atoms with Crippen LogP contribution in [0.15, 0.2) is 36.5 Å². The molecule has 0 saturated carbocycles. The zero-order valence-corrected chi connectivity index (χ0v) is 13.3. The van der Waals surface area contributed by atoms with Gasteiger partial charge in [-0.3, -0.25) is 4.79 Å². The third-order valence-electron chi connectivity index (χ3n) is 3.40. The van der Waals surface area contributed by atoms with Crippen LogP contribution < -0.4 is 11.1 Å². The monoisotopic (exact) mass is 351 g/mol. The molecule has 0 fully saturated rings. The Hall–Kier alpha value is -2.61. The van der Waals surface area contributed by atoms with Gasteiger partial charge in [0.15, 0.2) is 0 Å². The van der Waals surface area contributed by atoms with Gasteiger partial charge in [0.2, 0.25) is 0 Å². The highest BCUT2D eigenvalue weighted by Gasteiger charge is 2.30. The van der Waals surface area contributed by atoms with Gasteiger partial charge in [0.05, 0.1) is 11.3 Å². The quantitative estimate of drug-likeness (QED) is 0.716. The summed E-state index contributed by atoms with van der Waals surface area (Å²) in [5.41, 5.74) is 6.72. The molecule has 0 unspecified atom stereocenters. The second kappa shape index (κ2) is 5.79. The number of nitrogens with zero attached hydrogens (tertiary/aromatic N) is 1. The summed E-state index contributed by atoms with van der Waals surface area (Å²) in [7, 11) is 0. The van der Waals surface area contributed by atoms with E-state index in [9.17, 15) is 18.0 Å². The van der Waals surface area contributed by atoms with Crippen LogP contribution in [-0.4, -0.2) is 10.9 Å². The van der Waals surface area contributed by atoms with E-state index in [0.717, 1.165) is 29.0 Å². The summed E-state index contributed by atoms with van der Waals surface area (Å²) in [5, 5.41) is 3.24. The van der Waals surface area contributed by atoms with Crippen molar-refractivity contribution in [3.63, 3.8) is 0 Å². The number of thiophene rings is 1. The minimum atomic E-state index is -4.41. The molecule has 0 aliphatic rings. The zero-order chi connectivity index (χ0) is 17.5. The van der Waals surface area contributed by atoms with Crippen molar-refractivity contribution in [1.82, 2.24) is 4.98 Å². The van der Waals surface area contributed by atoms with Gasteiger partial charge in [0.1, 0.15) is 9.71 Å². The van der Waals surface area contributed by atoms with Gasteiger partial charge in [-0.1, -0.05) is 0 Å². The molecular weight excluding hydrogens is 339 g/mol. The van der Waals surface area contributed by atoms with Crippen LogP contribution in [-0.2, 0) is 6.18 Å². The molecule has 1 amide bonds. The molecule has 124 valence electrons. The number of rotatable bonds is 2. The Morgan fingerprint density at radius 1 is 1.25 bits per heavy atom. The Morgan fingerprint density at radius 3 is 2.54 bits per heavy atom. The minimum Gasteiger partial charge on any atom is -0.397 e. The van der Waals surface area contributed by atoms with Crippen molar-refractivity contribution in [2.24, 2.45) is 0 Å². The number of nitrogens with one attached hydrogen (secondary N) is 1. The molecule has 0 bridgehead atoms. The number of aromatic nitrogens is 1. The second-order valence-electron chi connectivity index (χ2n) is 5.24. The molecule has 0 spiro atoms. The van der Waals surface area contributed by atoms with E-state index in [1.807, 2.05) is 13.0 Å². The predicted molar refractivity (Wildman–Crippen MR) is 88.2 cm³/mol. The van der Waals surface area contributed by atoms with E-state index in [0.29, 0.717) is 15.9 Å². The highest BCUT2D eigenvalue weighted by atomic mass is 32.1. The van der Waals surface area contributed by atoms with E-state index in [4.69, 9.17) is 5.73 Å². The third kappa shape index (κ3) is 3.05. The SMILES string of the molecule is Cc1cnc2sc(C(=O)Nc3ccc(C(F)(F)F)cc3)c(N)c2c1. The lowest BCUT2D eigenvalue weighted by molar-refractivity contribution is -0.137. The Balaban J connectivity index is 1.86. The number of benzene rings is 1. The van der Waals surface area contributed by atoms with Crippen LogP contribution in [0.4, 0.5) is 24.5 Å². The van der Waals surface area contributed by atoms with Gasteiger partial charge in [-0.25, -0.2) is 4.98 Å². The summed E-state index contributed by atoms with van der Waals surface area (Å²) in [6, 6.07) is 6.06. The van der Waals surface area contributed by atoms with Crippen molar-refractivity contribution in [3.8, 4) is 0 Å². The number of nitrogen functional groups attached to an aromatic ring is 1. The highest BCUT2D eigenvalue weighted by molar-refractivity contribution is 7.21. The van der Waals surface area contributed by atoms with E-state index in [2.05, 4.69) is 10.3 Å². The standard InChI is InChI=1S/C16H12F3N3OS/c1-8-6-11-12(20)13(24-15(11)21-7-8)14(23)22-10-4-2-9(3-5-10)16(17,18)19/h2-7H,20H2,1H3,(H,22,23). The molecule has 3 N–H and O–H groups in total. The van der Waals surface area contributed by atoms with E-state index >= 15 is 0 Å². The number of carbonyl (C=O) groups is 1. The van der Waals surface area contributed by atoms with Crippen molar-refractivity contribution in [3.05, 3.63) is 52.5 Å². The molecule has 0 radical (unpaired) electrons. The molecule has 2 aromatic heterocycles. The Labute approximate surface area is 139 Å². The van der Waals surface area contributed by atoms with Crippen LogP contribution in [0.2, 0.25) is 0 Å². The van der Waals surface area contributed by atoms with Crippen molar-refractivity contribution in [2.45, 2.75) is 13.1 Å². The Bertz CT molecular complexity index is 917. The largest absolute Gasteiger partial charge is 0.416 e. The Kier molecular flexibility index (Phi) is 3.92. The fourth-order valence-electron chi connectivity index (χ4n) is 2.20. The van der Waals surface area contributed by atoms with Gasteiger partial charge < -0.3 is 11.1 Å². The van der Waals surface area contributed by atoms with Crippen LogP contribution in [0.3, 0.4) is 0 Å². The smallest absolute Gasteiger partial charge is 0.397 e. The number of fused-ring (bicyclic) bond motifs is 1. The maximum absolute atomic E-state index is 12.5. The summed E-state index contributed by atoms with van der Waals surface area (Å²) in [6.45, 7) is 1.87. The number of hydrogen-bond acceptors (Lipinski definition) is 4. The summed E-state index contributed by atoms with van der Waals surface area (Å²) < 4.78 is 37.6. The van der Waals surface area contributed by atoms with Crippen molar-refractivity contribution >= 4 is 38.8 Å². The Morgan fingerprint density at radius 2 is 1.92 bits per heavy atom. The first-order valence-corrected chi connectivity index (χ1v) is 7.70. The maximum Gasteiger partial charge on any atom is 0.416 e. The maximum atomic E-state index is 12.5. The van der Waals surface area contributed by atoms with Gasteiger partial charge in [0, 0.05) is 17.3 Å². The van der Waals surface area contributed by atoms with Crippen LogP contribution in [0.25, 0.3) is 10.2 Å². The number of halogens is 3. The van der Waals surface area contributed by atoms with Gasteiger partial charge in [-0.2, -0.15) is 13.2 Å². The van der Waals surface area contributed by atoms with Crippen molar-refractivity contribution in [2.75, 3.05) is 11.1 Å². The van der Waals surface area contributed by atoms with Crippen molar-refractivity contribution < 1.29 is 18.0 Å². The minimum absolute atomic E-state index is 0.258. The van der Waals surface area contributed by atoms with Gasteiger partial charge >= 0.3 is 6.18 Å². The van der Waals surface area contributed by atoms with Crippen LogP contribution in [0.5, 0.6) is 0 Å². The molecule has 2 heterocycles. The molecule has 3 rings (SSSR count). The van der Waals surface area contributed by atoms with Crippen LogP contribution >= 0.6 is 11.3 Å². The molecule has 0 atom stereocenters. The molecule has 24 heavy (non-hydrogen) atoms. The summed E-state index contributed by atoms with van der Waals surface area (Å²) in [6.07, 6.45) is -2.74. The van der Waals surface area contributed by atoms with E-state index in [-0.39, 0.29) is 10.6 Å². The third-order valence-corrected chi connectivity index (χ3v) is 4.53. The number of hydrogen-bond donors (Lipinski definition) is 2. The summed E-state index contributed by atoms with van der Waals surface area (Å²) >= 11 is 1.14. The second-order valence-corrected chi connectivity index (χ2v) is 6.24. The van der Waals surface area contributed by atoms with Crippen LogP contribution in [0, 0.1) is 6.92 Å². The molecule has 8 heteroatoms. The zero-order valence-electron chi connectivity index (χ0n) is 12.4. The molecule has 4 nitrogen and oxygen atoms in total. The van der Waals surface area contributed by atoms with Gasteiger partial charge in [-0.05, 0) is 42.8 Å². The fraction of sp³-hybridized carbons (Fsp3) is 0.125. The molecular formula is C16H12F3N3OS. The lowest BCUT2D eigenvalue weighted by Crippen LogP contribution is -2.12. The number of amides is 1. The number of anilines is 2. The molecule has 3 aromatic rings. The van der Waals surface area contributed by atoms with Gasteiger partial charge in [-0.15, -0.1) is 11.3 Å². The first kappa shape index (κ1) is 16.3. The normalized spacial score (nSPS) is 11.7. The average Bonchev–Trinajstić information content (AvgIpc) is 2.84. The van der Waals surface area contributed by atoms with Gasteiger partial charge in [0.25, 0.3) is 5.91 Å². The number of aryl methyl sites for hydroxylation is 1.